The van der Waals surface area contributed by atoms with Crippen molar-refractivity contribution in [1.82, 2.24) is 0 Å². The average Bonchev–Trinajstić information content (AvgIpc) is 2.67. The maximum absolute atomic E-state index is 14.3. The minimum Gasteiger partial charge on any atom is -0.489 e. The second-order valence-electron chi connectivity index (χ2n) is 5.63. The van der Waals surface area contributed by atoms with Crippen LogP contribution < -0.4 is 26.4 Å². The van der Waals surface area contributed by atoms with Crippen molar-refractivity contribution in [2.75, 3.05) is 6.61 Å². The molecule has 0 spiro atoms. The van der Waals surface area contributed by atoms with Crippen LogP contribution in [-0.4, -0.2) is 17.9 Å². The summed E-state index contributed by atoms with van der Waals surface area (Å²) < 4.78 is 20.0. The molecule has 0 fully saturated rings. The molecule has 0 aliphatic rings. The molecular formula is C20H20NO3P. The molecule has 0 saturated heterocycles. The molecule has 25 heavy (non-hydrogen) atoms. The van der Waals surface area contributed by atoms with Gasteiger partial charge in [0, 0.05) is 10.6 Å². The van der Waals surface area contributed by atoms with Gasteiger partial charge in [-0.15, -0.1) is 0 Å². The van der Waals surface area contributed by atoms with Crippen molar-refractivity contribution < 1.29 is 14.4 Å². The van der Waals surface area contributed by atoms with Crippen molar-refractivity contribution in [3.8, 4) is 5.75 Å². The van der Waals surface area contributed by atoms with Gasteiger partial charge in [-0.3, -0.25) is 0 Å². The van der Waals surface area contributed by atoms with Crippen LogP contribution in [0.1, 0.15) is 0 Å². The van der Waals surface area contributed by atoms with E-state index in [1.54, 1.807) is 12.1 Å². The van der Waals surface area contributed by atoms with E-state index in [1.165, 1.54) is 0 Å². The van der Waals surface area contributed by atoms with Crippen molar-refractivity contribution in [3.05, 3.63) is 84.9 Å². The topological polar surface area (TPSA) is 72.6 Å². The lowest BCUT2D eigenvalue weighted by Gasteiger charge is -2.22. The minimum atomic E-state index is -3.12. The molecule has 0 saturated carbocycles. The van der Waals surface area contributed by atoms with Gasteiger partial charge in [-0.25, -0.2) is 0 Å². The van der Waals surface area contributed by atoms with E-state index in [-0.39, 0.29) is 6.61 Å². The van der Waals surface area contributed by atoms with Gasteiger partial charge in [-0.05, 0) is 12.1 Å². The van der Waals surface area contributed by atoms with Crippen LogP contribution in [0.5, 0.6) is 5.75 Å². The minimum absolute atomic E-state index is 0.0689. The Kier molecular flexibility index (Phi) is 5.34. The first-order valence-electron chi connectivity index (χ1n) is 7.99. The molecule has 0 aromatic heterocycles. The molecule has 1 unspecified atom stereocenters. The smallest absolute Gasteiger partial charge is 0.174 e. The Morgan fingerprint density at radius 2 is 1.32 bits per heavy atom. The third-order valence-corrected chi connectivity index (χ3v) is 6.95. The molecule has 4 nitrogen and oxygen atoms in total. The van der Waals surface area contributed by atoms with Crippen LogP contribution in [0, 0.1) is 0 Å². The first-order valence-corrected chi connectivity index (χ1v) is 9.70. The van der Waals surface area contributed by atoms with Gasteiger partial charge < -0.3 is 20.1 Å². The Labute approximate surface area is 147 Å². The van der Waals surface area contributed by atoms with Gasteiger partial charge in [0.1, 0.15) is 18.6 Å². The molecule has 0 bridgehead atoms. The van der Waals surface area contributed by atoms with Gasteiger partial charge in [-0.1, -0.05) is 72.8 Å². The van der Waals surface area contributed by atoms with Crippen molar-refractivity contribution in [2.24, 2.45) is 5.73 Å². The van der Waals surface area contributed by atoms with Gasteiger partial charge in [0.2, 0.25) is 0 Å². The zero-order valence-electron chi connectivity index (χ0n) is 13.7. The normalized spacial score (nSPS) is 12.6. The fourth-order valence-electron chi connectivity index (χ4n) is 2.72. The van der Waals surface area contributed by atoms with Crippen molar-refractivity contribution in [3.63, 3.8) is 0 Å². The van der Waals surface area contributed by atoms with Gasteiger partial charge in [0.15, 0.2) is 7.14 Å². The van der Waals surface area contributed by atoms with E-state index >= 15 is 0 Å². The lowest BCUT2D eigenvalue weighted by Crippen LogP contribution is -2.30. The van der Waals surface area contributed by atoms with Crippen molar-refractivity contribution in [1.29, 1.82) is 0 Å². The number of ether oxygens (including phenoxy) is 1. The summed E-state index contributed by atoms with van der Waals surface area (Å²) in [5, 5.41) is 11.4. The lowest BCUT2D eigenvalue weighted by atomic mass is 10.3. The van der Waals surface area contributed by atoms with Gasteiger partial charge >= 0.3 is 0 Å². The van der Waals surface area contributed by atoms with Crippen molar-refractivity contribution >= 4 is 23.1 Å². The summed E-state index contributed by atoms with van der Waals surface area (Å²) in [6.45, 7) is -0.0689. The summed E-state index contributed by atoms with van der Waals surface area (Å²) in [4.78, 5) is 0. The predicted molar refractivity (Wildman–Crippen MR) is 102 cm³/mol. The zero-order chi connectivity index (χ0) is 17.7. The van der Waals surface area contributed by atoms with Crippen LogP contribution in [0.2, 0.25) is 0 Å². The van der Waals surface area contributed by atoms with Crippen LogP contribution in [0.25, 0.3) is 0 Å². The Balaban J connectivity index is 2.19. The molecule has 0 aliphatic heterocycles. The molecule has 5 heteroatoms. The molecule has 0 radical (unpaired) electrons. The second kappa shape index (κ2) is 7.66. The molecular weight excluding hydrogens is 333 g/mol. The van der Waals surface area contributed by atoms with Gasteiger partial charge in [-0.2, -0.15) is 0 Å². The van der Waals surface area contributed by atoms with Crippen LogP contribution in [-0.2, 0) is 4.57 Å². The monoisotopic (exact) mass is 353 g/mol. The first-order chi connectivity index (χ1) is 12.1. The number of rotatable bonds is 6. The van der Waals surface area contributed by atoms with E-state index in [9.17, 15) is 9.67 Å². The number of hydrogen-bond donors (Lipinski definition) is 2. The summed E-state index contributed by atoms with van der Waals surface area (Å²) >= 11 is 0. The summed E-state index contributed by atoms with van der Waals surface area (Å²) in [6.07, 6.45) is -1.10. The molecule has 0 amide bonds. The Hall–Kier alpha value is -2.39. The molecule has 3 N–H and O–H groups in total. The second-order valence-corrected chi connectivity index (χ2v) is 8.36. The van der Waals surface area contributed by atoms with E-state index in [0.29, 0.717) is 11.1 Å². The highest BCUT2D eigenvalue weighted by Crippen LogP contribution is 2.44. The highest BCUT2D eigenvalue weighted by molar-refractivity contribution is 7.85. The molecule has 128 valence electrons. The largest absolute Gasteiger partial charge is 0.489 e. The summed E-state index contributed by atoms with van der Waals surface area (Å²) in [5.74, 6) is 0.461. The summed E-state index contributed by atoms with van der Waals surface area (Å²) in [6, 6.07) is 25.9. The molecule has 3 aromatic carbocycles. The van der Waals surface area contributed by atoms with E-state index < -0.39 is 13.4 Å². The average molecular weight is 353 g/mol. The van der Waals surface area contributed by atoms with Crippen LogP contribution in [0.3, 0.4) is 0 Å². The standard InChI is InChI=1S/C20H20NO3P/c21-20(22)15-24-18-13-7-8-14-19(18)25(23,16-9-3-1-4-10-16)17-11-5-2-6-12-17/h1-14,20,22H,15,21H2. The van der Waals surface area contributed by atoms with Crippen molar-refractivity contribution in [2.45, 2.75) is 6.23 Å². The summed E-state index contributed by atoms with van der Waals surface area (Å²) in [5.41, 5.74) is 5.38. The van der Waals surface area contributed by atoms with Gasteiger partial charge in [0.05, 0.1) is 5.30 Å². The highest BCUT2D eigenvalue weighted by atomic mass is 31.2. The summed E-state index contributed by atoms with van der Waals surface area (Å²) in [7, 11) is -3.12. The Bertz CT molecular complexity index is 823. The van der Waals surface area contributed by atoms with E-state index in [1.807, 2.05) is 72.8 Å². The van der Waals surface area contributed by atoms with E-state index in [0.717, 1.165) is 10.6 Å². The fourth-order valence-corrected chi connectivity index (χ4v) is 5.50. The molecule has 0 heterocycles. The number of benzene rings is 3. The number of para-hydroxylation sites is 1. The molecule has 3 rings (SSSR count). The number of aliphatic hydroxyl groups excluding tert-OH is 1. The van der Waals surface area contributed by atoms with Crippen LogP contribution in [0.15, 0.2) is 84.9 Å². The highest BCUT2D eigenvalue weighted by Gasteiger charge is 2.32. The number of nitrogens with two attached hydrogens (primary N) is 1. The van der Waals surface area contributed by atoms with E-state index in [4.69, 9.17) is 10.5 Å². The fraction of sp³-hybridized carbons (Fsp3) is 0.100. The van der Waals surface area contributed by atoms with Gasteiger partial charge in [0.25, 0.3) is 0 Å². The maximum Gasteiger partial charge on any atom is 0.174 e. The zero-order valence-corrected chi connectivity index (χ0v) is 14.6. The van der Waals surface area contributed by atoms with Crippen LogP contribution in [0.4, 0.5) is 0 Å². The van der Waals surface area contributed by atoms with Crippen LogP contribution >= 0.6 is 7.14 Å². The van der Waals surface area contributed by atoms with E-state index in [2.05, 4.69) is 0 Å². The maximum atomic E-state index is 14.3. The third kappa shape index (κ3) is 3.67. The third-order valence-electron chi connectivity index (χ3n) is 3.85. The number of aliphatic hydroxyl groups is 1. The first kappa shape index (κ1) is 17.4. The number of hydrogen-bond acceptors (Lipinski definition) is 4. The SMILES string of the molecule is NC(O)COc1ccccc1P(=O)(c1ccccc1)c1ccccc1. The quantitative estimate of drug-likeness (QED) is 0.525. The predicted octanol–water partition coefficient (Wildman–Crippen LogP) is 1.98. The molecule has 0 aliphatic carbocycles. The molecule has 1 atom stereocenters. The lowest BCUT2D eigenvalue weighted by molar-refractivity contribution is 0.113. The Morgan fingerprint density at radius 3 is 1.84 bits per heavy atom. The molecule has 3 aromatic rings. The Morgan fingerprint density at radius 1 is 0.840 bits per heavy atom.